The molecule has 0 unspecified atom stereocenters. The second-order valence-electron chi connectivity index (χ2n) is 11.9. The van der Waals surface area contributed by atoms with E-state index in [1.165, 1.54) is 0 Å². The van der Waals surface area contributed by atoms with E-state index in [1.807, 2.05) is 36.4 Å². The molecule has 0 spiro atoms. The van der Waals surface area contributed by atoms with E-state index < -0.39 is 5.60 Å². The number of benzene rings is 2. The van der Waals surface area contributed by atoms with Gasteiger partial charge in [0.2, 0.25) is 17.7 Å². The maximum absolute atomic E-state index is 11.5. The van der Waals surface area contributed by atoms with Gasteiger partial charge in [-0.3, -0.25) is 14.8 Å². The number of aromatic nitrogens is 4. The SMILES string of the molecule is COc1nc(-c2cccc(-c3cccc(-c4cnc(CNCC5(O)CCC5)c(OC)n4)c3Cl)c2Cl)cnc1CNC[C@@H]1CCC(=O)N1. The lowest BCUT2D eigenvalue weighted by atomic mass is 9.80. The monoisotopic (exact) mass is 677 g/mol. The highest BCUT2D eigenvalue weighted by Crippen LogP contribution is 2.42. The number of rotatable bonds is 13. The molecule has 13 heteroatoms. The molecule has 2 aromatic carbocycles. The van der Waals surface area contributed by atoms with Gasteiger partial charge < -0.3 is 30.5 Å². The number of carbonyl (C=O) groups is 1. The van der Waals surface area contributed by atoms with Crippen molar-refractivity contribution in [3.05, 3.63) is 70.2 Å². The third kappa shape index (κ3) is 7.34. The van der Waals surface area contributed by atoms with Gasteiger partial charge in [-0.2, -0.15) is 0 Å². The summed E-state index contributed by atoms with van der Waals surface area (Å²) in [6, 6.07) is 11.5. The fourth-order valence-electron chi connectivity index (χ4n) is 5.87. The van der Waals surface area contributed by atoms with Crippen LogP contribution in [0.2, 0.25) is 10.0 Å². The minimum absolute atomic E-state index is 0.0820. The summed E-state index contributed by atoms with van der Waals surface area (Å²) < 4.78 is 11.1. The third-order valence-corrected chi connectivity index (χ3v) is 9.46. The van der Waals surface area contributed by atoms with Crippen LogP contribution in [0.25, 0.3) is 33.6 Å². The smallest absolute Gasteiger partial charge is 0.237 e. The number of halogens is 2. The summed E-state index contributed by atoms with van der Waals surface area (Å²) in [6.45, 7) is 1.99. The molecule has 1 atom stereocenters. The Morgan fingerprint density at radius 1 is 0.872 bits per heavy atom. The van der Waals surface area contributed by atoms with Gasteiger partial charge in [-0.1, -0.05) is 59.6 Å². The topological polar surface area (TPSA) is 143 Å². The summed E-state index contributed by atoms with van der Waals surface area (Å²) in [7, 11) is 3.11. The van der Waals surface area contributed by atoms with Crippen LogP contribution in [0.1, 0.15) is 43.5 Å². The van der Waals surface area contributed by atoms with E-state index in [2.05, 4.69) is 25.9 Å². The zero-order chi connectivity index (χ0) is 33.0. The molecule has 4 N–H and O–H groups in total. The van der Waals surface area contributed by atoms with Crippen molar-refractivity contribution in [3.8, 4) is 45.4 Å². The van der Waals surface area contributed by atoms with E-state index in [1.54, 1.807) is 26.6 Å². The molecule has 6 rings (SSSR count). The van der Waals surface area contributed by atoms with Crippen LogP contribution in [0.3, 0.4) is 0 Å². The molecule has 246 valence electrons. The first kappa shape index (κ1) is 33.0. The molecule has 1 amide bonds. The van der Waals surface area contributed by atoms with Gasteiger partial charge in [-0.15, -0.1) is 0 Å². The number of carbonyl (C=O) groups excluding carboxylic acids is 1. The van der Waals surface area contributed by atoms with E-state index >= 15 is 0 Å². The highest BCUT2D eigenvalue weighted by atomic mass is 35.5. The van der Waals surface area contributed by atoms with Crippen molar-refractivity contribution >= 4 is 29.1 Å². The number of aliphatic hydroxyl groups is 1. The summed E-state index contributed by atoms with van der Waals surface area (Å²) in [4.78, 5) is 30.1. The van der Waals surface area contributed by atoms with Gasteiger partial charge in [0.1, 0.15) is 11.4 Å². The second kappa shape index (κ2) is 14.5. The molecule has 0 radical (unpaired) electrons. The highest BCUT2D eigenvalue weighted by Gasteiger charge is 2.33. The molecule has 4 aromatic rings. The lowest BCUT2D eigenvalue weighted by molar-refractivity contribution is -0.119. The van der Waals surface area contributed by atoms with E-state index in [4.69, 9.17) is 42.6 Å². The van der Waals surface area contributed by atoms with Gasteiger partial charge >= 0.3 is 0 Å². The Hall–Kier alpha value is -3.87. The normalized spacial score (nSPS) is 16.9. The van der Waals surface area contributed by atoms with E-state index in [-0.39, 0.29) is 11.9 Å². The maximum atomic E-state index is 11.5. The summed E-state index contributed by atoms with van der Waals surface area (Å²) in [6.07, 6.45) is 7.37. The minimum atomic E-state index is -0.635. The molecular weight excluding hydrogens is 641 g/mol. The Kier molecular flexibility index (Phi) is 10.2. The third-order valence-electron chi connectivity index (χ3n) is 8.65. The zero-order valence-corrected chi connectivity index (χ0v) is 27.8. The summed E-state index contributed by atoms with van der Waals surface area (Å²) in [5.74, 6) is 0.851. The van der Waals surface area contributed by atoms with Crippen molar-refractivity contribution < 1.29 is 19.4 Å². The summed E-state index contributed by atoms with van der Waals surface area (Å²) in [5, 5.41) is 20.8. The van der Waals surface area contributed by atoms with Crippen LogP contribution in [0.15, 0.2) is 48.8 Å². The number of nitrogens with zero attached hydrogens (tertiary/aromatic N) is 4. The first-order valence-corrected chi connectivity index (χ1v) is 16.4. The fraction of sp³-hybridized carbons (Fsp3) is 0.382. The highest BCUT2D eigenvalue weighted by molar-refractivity contribution is 6.39. The minimum Gasteiger partial charge on any atom is -0.480 e. The Balaban J connectivity index is 1.22. The van der Waals surface area contributed by atoms with Crippen LogP contribution in [-0.2, 0) is 17.9 Å². The van der Waals surface area contributed by atoms with Gasteiger partial charge in [0.25, 0.3) is 0 Å². The predicted molar refractivity (Wildman–Crippen MR) is 180 cm³/mol. The van der Waals surface area contributed by atoms with E-state index in [0.29, 0.717) is 88.3 Å². The molecule has 1 aliphatic carbocycles. The molecule has 2 fully saturated rings. The van der Waals surface area contributed by atoms with Crippen LogP contribution < -0.4 is 25.4 Å². The van der Waals surface area contributed by atoms with Crippen LogP contribution in [-0.4, -0.2) is 69.9 Å². The van der Waals surface area contributed by atoms with Crippen molar-refractivity contribution in [1.29, 1.82) is 0 Å². The zero-order valence-electron chi connectivity index (χ0n) is 26.3. The number of ether oxygens (including phenoxy) is 2. The number of methoxy groups -OCH3 is 2. The number of hydrogen-bond acceptors (Lipinski definition) is 10. The van der Waals surface area contributed by atoms with Crippen LogP contribution in [0, 0.1) is 0 Å². The largest absolute Gasteiger partial charge is 0.480 e. The molecule has 11 nitrogen and oxygen atoms in total. The Morgan fingerprint density at radius 2 is 1.40 bits per heavy atom. The van der Waals surface area contributed by atoms with Crippen molar-refractivity contribution in [2.75, 3.05) is 27.3 Å². The molecule has 1 saturated carbocycles. The van der Waals surface area contributed by atoms with Crippen molar-refractivity contribution in [1.82, 2.24) is 35.9 Å². The summed E-state index contributed by atoms with van der Waals surface area (Å²) in [5.41, 5.74) is 4.55. The standard InChI is InChI=1S/C34H37Cl2N7O4/c1-46-32-27(15-37-14-20-10-11-29(44)41-20)39-17-25(42-32)23-8-3-6-21(30(23)35)22-7-4-9-24(31(22)36)26-18-40-28(33(43-26)47-2)16-38-19-34(45)12-5-13-34/h3-4,6-9,17-18,20,37-38,45H,5,10-16,19H2,1-2H3,(H,41,44)/t20-/m0/s1. The van der Waals surface area contributed by atoms with Gasteiger partial charge in [0.15, 0.2) is 0 Å². The second-order valence-corrected chi connectivity index (χ2v) is 12.6. The average molecular weight is 679 g/mol. The lowest BCUT2D eigenvalue weighted by Gasteiger charge is -2.36. The van der Waals surface area contributed by atoms with Crippen molar-refractivity contribution in [2.45, 2.75) is 56.8 Å². The molecule has 2 aromatic heterocycles. The first-order chi connectivity index (χ1) is 22.8. The maximum Gasteiger partial charge on any atom is 0.237 e. The van der Waals surface area contributed by atoms with Crippen LogP contribution in [0.5, 0.6) is 11.8 Å². The van der Waals surface area contributed by atoms with E-state index in [0.717, 1.165) is 36.8 Å². The Labute approximate surface area is 283 Å². The molecule has 1 aliphatic heterocycles. The van der Waals surface area contributed by atoms with Crippen LogP contribution >= 0.6 is 23.2 Å². The summed E-state index contributed by atoms with van der Waals surface area (Å²) >= 11 is 14.1. The predicted octanol–water partition coefficient (Wildman–Crippen LogP) is 4.96. The van der Waals surface area contributed by atoms with E-state index in [9.17, 15) is 9.90 Å². The van der Waals surface area contributed by atoms with Gasteiger partial charge in [-0.25, -0.2) is 9.97 Å². The van der Waals surface area contributed by atoms with Gasteiger partial charge in [0.05, 0.1) is 53.6 Å². The molecule has 47 heavy (non-hydrogen) atoms. The Bertz CT molecular complexity index is 1770. The molecule has 1 saturated heterocycles. The number of amides is 1. The molecular formula is C34H37Cl2N7O4. The fourth-order valence-corrected chi connectivity index (χ4v) is 6.52. The molecule has 2 aliphatic rings. The van der Waals surface area contributed by atoms with Gasteiger partial charge in [0, 0.05) is 60.9 Å². The number of nitrogens with one attached hydrogen (secondary N) is 3. The van der Waals surface area contributed by atoms with Crippen LogP contribution in [0.4, 0.5) is 0 Å². The quantitative estimate of drug-likeness (QED) is 0.153. The van der Waals surface area contributed by atoms with Crippen molar-refractivity contribution in [3.63, 3.8) is 0 Å². The Morgan fingerprint density at radius 3 is 1.87 bits per heavy atom. The van der Waals surface area contributed by atoms with Crippen molar-refractivity contribution in [2.24, 2.45) is 0 Å². The molecule has 3 heterocycles. The molecule has 0 bridgehead atoms. The first-order valence-electron chi connectivity index (χ1n) is 15.6. The number of hydrogen-bond donors (Lipinski definition) is 4. The average Bonchev–Trinajstić information content (AvgIpc) is 3.49. The lowest BCUT2D eigenvalue weighted by Crippen LogP contribution is -2.46. The van der Waals surface area contributed by atoms with Gasteiger partial charge in [-0.05, 0) is 25.7 Å².